The van der Waals surface area contributed by atoms with Crippen LogP contribution in [0.15, 0.2) is 22.6 Å². The summed E-state index contributed by atoms with van der Waals surface area (Å²) in [5.74, 6) is -0.580. The van der Waals surface area contributed by atoms with Crippen LogP contribution in [0.25, 0.3) is 6.08 Å². The van der Waals surface area contributed by atoms with E-state index >= 15 is 0 Å². The molecule has 0 saturated heterocycles. The van der Waals surface area contributed by atoms with Gasteiger partial charge in [-0.2, -0.15) is 0 Å². The fraction of sp³-hybridized carbons (Fsp3) is 0.357. The number of nitrogens with zero attached hydrogens (tertiary/aromatic N) is 1. The zero-order valence-corrected chi connectivity index (χ0v) is 12.1. The van der Waals surface area contributed by atoms with E-state index in [0.717, 1.165) is 4.90 Å². The lowest BCUT2D eigenvalue weighted by Gasteiger charge is -2.18. The summed E-state index contributed by atoms with van der Waals surface area (Å²) in [6.45, 7) is 1.10. The van der Waals surface area contributed by atoms with Crippen molar-refractivity contribution in [3.8, 4) is 0 Å². The van der Waals surface area contributed by atoms with E-state index in [2.05, 4.69) is 9.47 Å². The molecule has 0 aliphatic heterocycles. The van der Waals surface area contributed by atoms with E-state index in [1.54, 1.807) is 19.1 Å². The molecule has 1 rings (SSSR count). The minimum absolute atomic E-state index is 0.341. The van der Waals surface area contributed by atoms with E-state index < -0.39 is 17.8 Å². The van der Waals surface area contributed by atoms with Crippen molar-refractivity contribution in [2.24, 2.45) is 0 Å². The molecule has 0 unspecified atom stereocenters. The van der Waals surface area contributed by atoms with Crippen LogP contribution in [-0.4, -0.2) is 50.1 Å². The molecule has 0 N–H and O–H groups in total. The molecule has 0 spiro atoms. The van der Waals surface area contributed by atoms with Gasteiger partial charge in [-0.15, -0.1) is 0 Å². The van der Waals surface area contributed by atoms with E-state index in [4.69, 9.17) is 4.42 Å². The summed E-state index contributed by atoms with van der Waals surface area (Å²) in [5.41, 5.74) is 0. The van der Waals surface area contributed by atoms with Gasteiger partial charge in [-0.3, -0.25) is 14.4 Å². The molecule has 0 atom stereocenters. The Kier molecular flexibility index (Phi) is 6.19. The van der Waals surface area contributed by atoms with Gasteiger partial charge >= 0.3 is 11.9 Å². The molecule has 0 saturated carbocycles. The lowest BCUT2D eigenvalue weighted by molar-refractivity contribution is -0.150. The third-order valence-corrected chi connectivity index (χ3v) is 2.56. The third kappa shape index (κ3) is 5.52. The van der Waals surface area contributed by atoms with Crippen molar-refractivity contribution < 1.29 is 28.3 Å². The Morgan fingerprint density at radius 3 is 2.14 bits per heavy atom. The molecular formula is C14H17NO6. The van der Waals surface area contributed by atoms with Gasteiger partial charge in [0, 0.05) is 6.08 Å². The predicted molar refractivity (Wildman–Crippen MR) is 73.1 cm³/mol. The fourth-order valence-electron chi connectivity index (χ4n) is 1.45. The lowest BCUT2D eigenvalue weighted by atomic mass is 10.3. The van der Waals surface area contributed by atoms with Crippen LogP contribution in [0.5, 0.6) is 0 Å². The van der Waals surface area contributed by atoms with Crippen molar-refractivity contribution in [1.82, 2.24) is 4.90 Å². The number of methoxy groups -OCH3 is 2. The Bertz CT molecular complexity index is 527. The number of ether oxygens (including phenoxy) is 2. The van der Waals surface area contributed by atoms with E-state index in [-0.39, 0.29) is 13.1 Å². The molecule has 0 aliphatic rings. The first kappa shape index (κ1) is 16.5. The summed E-state index contributed by atoms with van der Waals surface area (Å²) >= 11 is 0. The Hall–Kier alpha value is -2.57. The molecule has 0 aliphatic carbocycles. The number of amides is 1. The van der Waals surface area contributed by atoms with Gasteiger partial charge in [-0.1, -0.05) is 0 Å². The summed E-state index contributed by atoms with van der Waals surface area (Å²) in [4.78, 5) is 35.6. The maximum Gasteiger partial charge on any atom is 0.325 e. The van der Waals surface area contributed by atoms with Crippen molar-refractivity contribution in [3.05, 3.63) is 29.7 Å². The molecule has 1 aromatic heterocycles. The normalized spacial score (nSPS) is 10.4. The molecule has 1 heterocycles. The smallest absolute Gasteiger partial charge is 0.325 e. The van der Waals surface area contributed by atoms with E-state index in [1.807, 2.05) is 0 Å². The Morgan fingerprint density at radius 2 is 1.71 bits per heavy atom. The first-order valence-corrected chi connectivity index (χ1v) is 6.13. The molecule has 1 aromatic rings. The largest absolute Gasteiger partial charge is 0.468 e. The molecule has 0 bridgehead atoms. The summed E-state index contributed by atoms with van der Waals surface area (Å²) in [6.07, 6.45) is 2.67. The van der Waals surface area contributed by atoms with Crippen molar-refractivity contribution in [2.45, 2.75) is 6.92 Å². The van der Waals surface area contributed by atoms with Crippen LogP contribution >= 0.6 is 0 Å². The van der Waals surface area contributed by atoms with Crippen LogP contribution in [0.3, 0.4) is 0 Å². The number of carbonyl (C=O) groups excluding carboxylic acids is 3. The first-order chi connectivity index (χ1) is 9.96. The van der Waals surface area contributed by atoms with Gasteiger partial charge in [0.15, 0.2) is 0 Å². The second-order valence-electron chi connectivity index (χ2n) is 4.13. The van der Waals surface area contributed by atoms with Crippen LogP contribution in [-0.2, 0) is 23.9 Å². The number of hydrogen-bond donors (Lipinski definition) is 0. The molecular weight excluding hydrogens is 278 g/mol. The molecule has 7 heteroatoms. The van der Waals surface area contributed by atoms with Crippen LogP contribution in [0.2, 0.25) is 0 Å². The van der Waals surface area contributed by atoms with Crippen LogP contribution in [0, 0.1) is 6.92 Å². The molecule has 7 nitrogen and oxygen atoms in total. The molecule has 0 radical (unpaired) electrons. The highest BCUT2D eigenvalue weighted by Gasteiger charge is 2.19. The van der Waals surface area contributed by atoms with E-state index in [1.165, 1.54) is 26.4 Å². The number of furan rings is 1. The van der Waals surface area contributed by atoms with Gasteiger partial charge in [0.25, 0.3) is 0 Å². The number of esters is 2. The van der Waals surface area contributed by atoms with Crippen molar-refractivity contribution in [1.29, 1.82) is 0 Å². The quantitative estimate of drug-likeness (QED) is 0.569. The van der Waals surface area contributed by atoms with Crippen LogP contribution in [0.4, 0.5) is 0 Å². The minimum atomic E-state index is -0.630. The third-order valence-electron chi connectivity index (χ3n) is 2.56. The number of carbonyl (C=O) groups is 3. The molecule has 1 amide bonds. The van der Waals surface area contributed by atoms with Gasteiger partial charge in [-0.05, 0) is 25.1 Å². The van der Waals surface area contributed by atoms with Gasteiger partial charge in [-0.25, -0.2) is 0 Å². The molecule has 21 heavy (non-hydrogen) atoms. The van der Waals surface area contributed by atoms with Crippen molar-refractivity contribution in [3.63, 3.8) is 0 Å². The monoisotopic (exact) mass is 295 g/mol. The molecule has 0 aromatic carbocycles. The minimum Gasteiger partial charge on any atom is -0.468 e. The Balaban J connectivity index is 2.75. The summed E-state index contributed by atoms with van der Waals surface area (Å²) < 4.78 is 14.2. The summed E-state index contributed by atoms with van der Waals surface area (Å²) in [7, 11) is 2.40. The van der Waals surface area contributed by atoms with Gasteiger partial charge < -0.3 is 18.8 Å². The second-order valence-corrected chi connectivity index (χ2v) is 4.13. The van der Waals surface area contributed by atoms with Crippen LogP contribution < -0.4 is 0 Å². The van der Waals surface area contributed by atoms with Gasteiger partial charge in [0.05, 0.1) is 14.2 Å². The van der Waals surface area contributed by atoms with E-state index in [9.17, 15) is 14.4 Å². The summed E-state index contributed by atoms with van der Waals surface area (Å²) in [6, 6.07) is 3.45. The van der Waals surface area contributed by atoms with E-state index in [0.29, 0.717) is 11.5 Å². The lowest BCUT2D eigenvalue weighted by Crippen LogP contribution is -2.39. The van der Waals surface area contributed by atoms with Crippen molar-refractivity contribution in [2.75, 3.05) is 27.3 Å². The molecule has 0 fully saturated rings. The maximum atomic E-state index is 12.0. The maximum absolute atomic E-state index is 12.0. The second kappa shape index (κ2) is 7.88. The standard InChI is InChI=1S/C14H17NO6/c1-10-4-5-11(21-10)6-7-12(16)15(8-13(17)19-2)9-14(18)20-3/h4-7H,8-9H2,1-3H3. The number of aryl methyl sites for hydroxylation is 1. The van der Waals surface area contributed by atoms with Crippen LogP contribution in [0.1, 0.15) is 11.5 Å². The molecule has 114 valence electrons. The average Bonchev–Trinajstić information content (AvgIpc) is 2.89. The average molecular weight is 295 g/mol. The summed E-state index contributed by atoms with van der Waals surface area (Å²) in [5, 5.41) is 0. The topological polar surface area (TPSA) is 86.0 Å². The highest BCUT2D eigenvalue weighted by molar-refractivity contribution is 5.95. The predicted octanol–water partition coefficient (Wildman–Crippen LogP) is 0.776. The first-order valence-electron chi connectivity index (χ1n) is 6.13. The fourth-order valence-corrected chi connectivity index (χ4v) is 1.45. The zero-order chi connectivity index (χ0) is 15.8. The number of hydrogen-bond acceptors (Lipinski definition) is 6. The van der Waals surface area contributed by atoms with Crippen molar-refractivity contribution >= 4 is 23.9 Å². The van der Waals surface area contributed by atoms with Gasteiger partial charge in [0.2, 0.25) is 5.91 Å². The Morgan fingerprint density at radius 1 is 1.14 bits per heavy atom. The van der Waals surface area contributed by atoms with Gasteiger partial charge in [0.1, 0.15) is 24.6 Å². The zero-order valence-electron chi connectivity index (χ0n) is 12.1. The highest BCUT2D eigenvalue weighted by atomic mass is 16.5. The SMILES string of the molecule is COC(=O)CN(CC(=O)OC)C(=O)C=Cc1ccc(C)o1. The highest BCUT2D eigenvalue weighted by Crippen LogP contribution is 2.08. The Labute approximate surface area is 122 Å². The number of rotatable bonds is 6.